The molecule has 8 heteroatoms. The van der Waals surface area contributed by atoms with E-state index in [9.17, 15) is 14.7 Å². The van der Waals surface area contributed by atoms with Crippen molar-refractivity contribution in [1.29, 1.82) is 0 Å². The van der Waals surface area contributed by atoms with Gasteiger partial charge in [0, 0.05) is 17.3 Å². The molecule has 1 fully saturated rings. The molecule has 0 aliphatic carbocycles. The zero-order valence-electron chi connectivity index (χ0n) is 21.6. The molecule has 1 saturated heterocycles. The molecule has 2 aliphatic rings. The van der Waals surface area contributed by atoms with Gasteiger partial charge in [-0.15, -0.1) is 0 Å². The summed E-state index contributed by atoms with van der Waals surface area (Å²) in [5.41, 5.74) is 2.42. The van der Waals surface area contributed by atoms with Gasteiger partial charge >= 0.3 is 0 Å². The second-order valence-electron chi connectivity index (χ2n) is 10.2. The van der Waals surface area contributed by atoms with Crippen LogP contribution in [0.3, 0.4) is 0 Å². The molecule has 0 spiro atoms. The Morgan fingerprint density at radius 1 is 0.974 bits per heavy atom. The number of nitrogens with zero attached hydrogens (tertiary/aromatic N) is 1. The average molecular weight is 534 g/mol. The zero-order chi connectivity index (χ0) is 27.2. The number of halogens is 1. The normalized spacial score (nSPS) is 18.6. The first kappa shape index (κ1) is 25.7. The third kappa shape index (κ3) is 4.47. The molecule has 1 unspecified atom stereocenters. The molecule has 0 saturated carbocycles. The first-order chi connectivity index (χ1) is 18.1. The molecule has 3 aromatic carbocycles. The van der Waals surface area contributed by atoms with Gasteiger partial charge in [0.1, 0.15) is 24.7 Å². The molecule has 38 heavy (non-hydrogen) atoms. The van der Waals surface area contributed by atoms with Crippen LogP contribution in [0.2, 0.25) is 5.02 Å². The number of hydrogen-bond donors (Lipinski definition) is 1. The van der Waals surface area contributed by atoms with Gasteiger partial charge < -0.3 is 19.3 Å². The van der Waals surface area contributed by atoms with Gasteiger partial charge in [-0.05, 0) is 46.9 Å². The van der Waals surface area contributed by atoms with E-state index in [-0.39, 0.29) is 16.7 Å². The molecule has 1 N–H and O–H groups in total. The van der Waals surface area contributed by atoms with Crippen LogP contribution in [-0.4, -0.2) is 37.1 Å². The van der Waals surface area contributed by atoms with Gasteiger partial charge in [0.25, 0.3) is 11.7 Å². The van der Waals surface area contributed by atoms with Crippen LogP contribution in [0.5, 0.6) is 17.2 Å². The predicted octanol–water partition coefficient (Wildman–Crippen LogP) is 6.04. The number of carbonyl (C=O) groups excluding carboxylic acids is 2. The number of amides is 1. The summed E-state index contributed by atoms with van der Waals surface area (Å²) in [6.45, 7) is 7.14. The number of anilines is 1. The number of aliphatic hydroxyl groups excluding tert-OH is 1. The number of aliphatic hydroxyl groups is 1. The lowest BCUT2D eigenvalue weighted by molar-refractivity contribution is -0.132. The average Bonchev–Trinajstić information content (AvgIpc) is 3.18. The largest absolute Gasteiger partial charge is 0.507 e. The van der Waals surface area contributed by atoms with Crippen molar-refractivity contribution in [3.8, 4) is 17.2 Å². The molecule has 0 aromatic heterocycles. The van der Waals surface area contributed by atoms with Crippen LogP contribution in [-0.2, 0) is 15.0 Å². The fraction of sp³-hybridized carbons (Fsp3) is 0.267. The van der Waals surface area contributed by atoms with Gasteiger partial charge in [-0.2, -0.15) is 0 Å². The van der Waals surface area contributed by atoms with Crippen molar-refractivity contribution in [3.63, 3.8) is 0 Å². The first-order valence-corrected chi connectivity index (χ1v) is 12.6. The zero-order valence-corrected chi connectivity index (χ0v) is 22.3. The highest BCUT2D eigenvalue weighted by Gasteiger charge is 2.47. The lowest BCUT2D eigenvalue weighted by atomic mass is 9.85. The van der Waals surface area contributed by atoms with Crippen LogP contribution in [0.4, 0.5) is 5.69 Å². The molecule has 196 valence electrons. The molecule has 0 bridgehead atoms. The molecular formula is C30H28ClNO6. The van der Waals surface area contributed by atoms with Crippen LogP contribution in [0, 0.1) is 0 Å². The van der Waals surface area contributed by atoms with E-state index in [0.29, 0.717) is 52.3 Å². The number of ether oxygens (including phenoxy) is 3. The van der Waals surface area contributed by atoms with Crippen LogP contribution < -0.4 is 19.1 Å². The maximum absolute atomic E-state index is 13.5. The van der Waals surface area contributed by atoms with Crippen molar-refractivity contribution >= 4 is 34.7 Å². The Morgan fingerprint density at radius 3 is 2.32 bits per heavy atom. The molecule has 1 atom stereocenters. The minimum Gasteiger partial charge on any atom is -0.507 e. The van der Waals surface area contributed by atoms with Crippen LogP contribution >= 0.6 is 11.6 Å². The van der Waals surface area contributed by atoms with Crippen LogP contribution in [0.15, 0.2) is 66.2 Å². The first-order valence-electron chi connectivity index (χ1n) is 12.2. The summed E-state index contributed by atoms with van der Waals surface area (Å²) < 4.78 is 16.6. The van der Waals surface area contributed by atoms with Crippen molar-refractivity contribution in [1.82, 2.24) is 0 Å². The Kier molecular flexibility index (Phi) is 6.57. The Labute approximate surface area is 226 Å². The quantitative estimate of drug-likeness (QED) is 0.250. The summed E-state index contributed by atoms with van der Waals surface area (Å²) in [6.07, 6.45) is 0. The van der Waals surface area contributed by atoms with Crippen molar-refractivity contribution < 1.29 is 28.9 Å². The number of methoxy groups -OCH3 is 1. The third-order valence-electron chi connectivity index (χ3n) is 6.77. The van der Waals surface area contributed by atoms with Gasteiger partial charge in [0.15, 0.2) is 11.5 Å². The molecule has 0 radical (unpaired) electrons. The van der Waals surface area contributed by atoms with E-state index < -0.39 is 17.7 Å². The number of ketones is 1. The summed E-state index contributed by atoms with van der Waals surface area (Å²) in [4.78, 5) is 28.4. The lowest BCUT2D eigenvalue weighted by Crippen LogP contribution is -2.29. The number of benzene rings is 3. The molecule has 2 aliphatic heterocycles. The Hall–Kier alpha value is -3.97. The molecule has 7 nitrogen and oxygen atoms in total. The molecule has 5 rings (SSSR count). The van der Waals surface area contributed by atoms with Crippen LogP contribution in [0.25, 0.3) is 5.76 Å². The topological polar surface area (TPSA) is 85.3 Å². The van der Waals surface area contributed by atoms with E-state index in [1.54, 1.807) is 30.3 Å². The number of carbonyl (C=O) groups is 2. The Bertz CT molecular complexity index is 1450. The van der Waals surface area contributed by atoms with Crippen molar-refractivity contribution in [2.75, 3.05) is 25.2 Å². The van der Waals surface area contributed by atoms with Crippen molar-refractivity contribution in [2.24, 2.45) is 0 Å². The van der Waals surface area contributed by atoms with E-state index in [0.717, 1.165) is 5.56 Å². The number of hydrogen-bond acceptors (Lipinski definition) is 6. The predicted molar refractivity (Wildman–Crippen MR) is 145 cm³/mol. The molecule has 3 aromatic rings. The SMILES string of the molecule is COc1cc(/C(O)=C2\C(=O)C(=O)N(c3ccc4c(c3)OCCO4)C2c2ccc(C(C)(C)C)cc2)ccc1Cl. The van der Waals surface area contributed by atoms with Crippen molar-refractivity contribution in [3.05, 3.63) is 87.9 Å². The van der Waals surface area contributed by atoms with Crippen LogP contribution in [0.1, 0.15) is 43.5 Å². The highest BCUT2D eigenvalue weighted by atomic mass is 35.5. The monoisotopic (exact) mass is 533 g/mol. The summed E-state index contributed by atoms with van der Waals surface area (Å²) in [5.74, 6) is -0.479. The number of Topliss-reactive ketones (excluding diaryl/α,β-unsaturated/α-hetero) is 1. The fourth-order valence-corrected chi connectivity index (χ4v) is 4.92. The molecule has 1 amide bonds. The Balaban J connectivity index is 1.69. The molecule has 2 heterocycles. The smallest absolute Gasteiger partial charge is 0.300 e. The molecular weight excluding hydrogens is 506 g/mol. The highest BCUT2D eigenvalue weighted by molar-refractivity contribution is 6.51. The van der Waals surface area contributed by atoms with Gasteiger partial charge in [-0.25, -0.2) is 0 Å². The van der Waals surface area contributed by atoms with Crippen molar-refractivity contribution in [2.45, 2.75) is 32.2 Å². The maximum atomic E-state index is 13.5. The fourth-order valence-electron chi connectivity index (χ4n) is 4.72. The van der Waals surface area contributed by atoms with Gasteiger partial charge in [-0.1, -0.05) is 56.6 Å². The Morgan fingerprint density at radius 2 is 1.66 bits per heavy atom. The second-order valence-corrected chi connectivity index (χ2v) is 10.6. The maximum Gasteiger partial charge on any atom is 0.300 e. The van der Waals surface area contributed by atoms with E-state index in [1.807, 2.05) is 24.3 Å². The lowest BCUT2D eigenvalue weighted by Gasteiger charge is -2.28. The van der Waals surface area contributed by atoms with E-state index in [2.05, 4.69) is 20.8 Å². The van der Waals surface area contributed by atoms with Gasteiger partial charge in [-0.3, -0.25) is 14.5 Å². The van der Waals surface area contributed by atoms with E-state index >= 15 is 0 Å². The van der Waals surface area contributed by atoms with Gasteiger partial charge in [0.05, 0.1) is 23.7 Å². The highest BCUT2D eigenvalue weighted by Crippen LogP contribution is 2.45. The van der Waals surface area contributed by atoms with E-state index in [4.69, 9.17) is 25.8 Å². The second kappa shape index (κ2) is 9.72. The minimum atomic E-state index is -0.881. The summed E-state index contributed by atoms with van der Waals surface area (Å²) in [7, 11) is 1.46. The summed E-state index contributed by atoms with van der Waals surface area (Å²) >= 11 is 6.18. The van der Waals surface area contributed by atoms with E-state index in [1.165, 1.54) is 18.1 Å². The summed E-state index contributed by atoms with van der Waals surface area (Å²) in [6, 6.07) is 16.6. The third-order valence-corrected chi connectivity index (χ3v) is 7.08. The minimum absolute atomic E-state index is 0.0298. The van der Waals surface area contributed by atoms with Gasteiger partial charge in [0.2, 0.25) is 0 Å². The number of rotatable bonds is 4. The standard InChI is InChI=1S/C30H28ClNO6/c1-30(2,3)19-8-5-17(6-9-19)26-25(27(33)18-7-11-21(31)23(15-18)36-4)28(34)29(35)32(26)20-10-12-22-24(16-20)38-14-13-37-22/h5-12,15-16,26,33H,13-14H2,1-4H3/b27-25+. The number of fused-ring (bicyclic) bond motifs is 1. The summed E-state index contributed by atoms with van der Waals surface area (Å²) in [5, 5.41) is 11.8.